The van der Waals surface area contributed by atoms with Crippen LogP contribution in [0.15, 0.2) is 36.4 Å². The Morgan fingerprint density at radius 1 is 1.04 bits per heavy atom. The number of amides is 2. The number of alkyl halides is 1. The van der Waals surface area contributed by atoms with Gasteiger partial charge in [-0.1, -0.05) is 25.3 Å². The molecule has 4 atom stereocenters. The van der Waals surface area contributed by atoms with Gasteiger partial charge in [0.25, 0.3) is 5.91 Å². The van der Waals surface area contributed by atoms with Gasteiger partial charge in [-0.15, -0.1) is 0 Å². The van der Waals surface area contributed by atoms with Gasteiger partial charge in [-0.3, -0.25) is 14.0 Å². The number of hydrogen-bond donors (Lipinski definition) is 1. The van der Waals surface area contributed by atoms with E-state index in [2.05, 4.69) is 52.1 Å². The molecular formula is C37H47FN4O5S. The maximum absolute atomic E-state index is 14.9. The van der Waals surface area contributed by atoms with Crippen molar-refractivity contribution in [1.82, 2.24) is 19.1 Å². The highest BCUT2D eigenvalue weighted by Gasteiger charge is 2.64. The molecule has 4 aliphatic rings. The van der Waals surface area contributed by atoms with E-state index in [-0.39, 0.29) is 35.9 Å². The Labute approximate surface area is 282 Å². The third kappa shape index (κ3) is 5.60. The highest BCUT2D eigenvalue weighted by Crippen LogP contribution is 2.66. The number of rotatable bonds is 8. The van der Waals surface area contributed by atoms with E-state index in [4.69, 9.17) is 4.74 Å². The lowest BCUT2D eigenvalue weighted by Crippen LogP contribution is -2.59. The number of nitrogens with zero attached hydrogens (tertiary/aromatic N) is 3. The zero-order valence-corrected chi connectivity index (χ0v) is 29.2. The van der Waals surface area contributed by atoms with Crippen LogP contribution in [-0.2, 0) is 21.4 Å². The molecule has 4 unspecified atom stereocenters. The molecule has 3 heterocycles. The number of hydrogen-bond acceptors (Lipinski definition) is 6. The van der Waals surface area contributed by atoms with Gasteiger partial charge in [0.05, 0.1) is 30.6 Å². The van der Waals surface area contributed by atoms with Crippen molar-refractivity contribution in [2.75, 3.05) is 39.7 Å². The molecule has 0 spiro atoms. The first kappa shape index (κ1) is 33.1. The van der Waals surface area contributed by atoms with Crippen LogP contribution in [0.1, 0.15) is 92.1 Å². The summed E-state index contributed by atoms with van der Waals surface area (Å²) >= 11 is 0. The first-order chi connectivity index (χ1) is 23.0. The maximum atomic E-state index is 14.9. The van der Waals surface area contributed by atoms with Crippen LogP contribution in [0.25, 0.3) is 22.2 Å². The predicted molar refractivity (Wildman–Crippen MR) is 185 cm³/mol. The second kappa shape index (κ2) is 12.5. The van der Waals surface area contributed by atoms with Crippen LogP contribution in [0.3, 0.4) is 0 Å². The van der Waals surface area contributed by atoms with Crippen molar-refractivity contribution in [3.05, 3.63) is 53.1 Å². The number of aromatic nitrogens is 1. The van der Waals surface area contributed by atoms with E-state index in [0.717, 1.165) is 78.7 Å². The molecule has 3 aromatic rings. The summed E-state index contributed by atoms with van der Waals surface area (Å²) in [5.41, 5.74) is 4.98. The van der Waals surface area contributed by atoms with Crippen LogP contribution >= 0.6 is 0 Å². The van der Waals surface area contributed by atoms with Crippen molar-refractivity contribution in [2.24, 2.45) is 5.41 Å². The molecule has 258 valence electrons. The first-order valence-electron chi connectivity index (χ1n) is 17.4. The molecule has 2 aliphatic heterocycles. The summed E-state index contributed by atoms with van der Waals surface area (Å²) < 4.78 is 48.0. The zero-order chi connectivity index (χ0) is 34.0. The number of piperazine rings is 1. The van der Waals surface area contributed by atoms with Gasteiger partial charge < -0.3 is 19.1 Å². The molecule has 3 fully saturated rings. The lowest BCUT2D eigenvalue weighted by Gasteiger charge is -2.45. The monoisotopic (exact) mass is 678 g/mol. The fourth-order valence-corrected chi connectivity index (χ4v) is 10.2. The van der Waals surface area contributed by atoms with Gasteiger partial charge in [-0.2, -0.15) is 0 Å². The Morgan fingerprint density at radius 3 is 2.46 bits per heavy atom. The van der Waals surface area contributed by atoms with E-state index < -0.39 is 33.8 Å². The van der Waals surface area contributed by atoms with Gasteiger partial charge in [-0.05, 0) is 94.0 Å². The third-order valence-electron chi connectivity index (χ3n) is 11.3. The molecule has 1 aromatic heterocycles. The minimum atomic E-state index is -3.99. The molecule has 2 saturated carbocycles. The second-order valence-corrected chi connectivity index (χ2v) is 16.5. The number of nitrogens with one attached hydrogen (secondary N) is 1. The van der Waals surface area contributed by atoms with Gasteiger partial charge in [-0.25, -0.2) is 13.1 Å². The standard InChI is InChI=1S/C37H47FN4O5S/c1-23-20-40(3)21-24(2)42(23)36(44)37-19-31(37)30-18-27(47-4)12-14-28(30)34-33(25-9-6-5-7-10-25)29-13-11-26(17-32(29)41(34)22-37)35(43)39-48(45,46)16-8-15-38/h11-14,17-18,23-25,31H,5-10,15-16,19-22H2,1-4H3,(H,39,43). The SMILES string of the molecule is COc1ccc2c(c1)C1CC1(C(=O)N1C(C)CN(C)CC1C)Cn1c-2c(C2CCCCC2)c2ccc(C(=O)NS(=O)(=O)CCCF)cc21. The molecule has 2 aliphatic carbocycles. The quantitative estimate of drug-likeness (QED) is 0.322. The highest BCUT2D eigenvalue weighted by molar-refractivity contribution is 7.90. The number of fused-ring (bicyclic) bond motifs is 7. The molecular weight excluding hydrogens is 631 g/mol. The Hall–Kier alpha value is -3.44. The molecule has 2 amide bonds. The van der Waals surface area contributed by atoms with Crippen LogP contribution in [0.5, 0.6) is 5.75 Å². The van der Waals surface area contributed by atoms with Crippen LogP contribution in [0.2, 0.25) is 0 Å². The van der Waals surface area contributed by atoms with Gasteiger partial charge >= 0.3 is 0 Å². The smallest absolute Gasteiger partial charge is 0.264 e. The molecule has 0 bridgehead atoms. The van der Waals surface area contributed by atoms with Crippen molar-refractivity contribution in [2.45, 2.75) is 89.3 Å². The topological polar surface area (TPSA) is 101 Å². The number of methoxy groups -OCH3 is 1. The Kier molecular flexibility index (Phi) is 8.59. The van der Waals surface area contributed by atoms with E-state index in [1.807, 2.05) is 12.1 Å². The van der Waals surface area contributed by atoms with Crippen LogP contribution in [0.4, 0.5) is 4.39 Å². The Morgan fingerprint density at radius 2 is 1.77 bits per heavy atom. The fraction of sp³-hybridized carbons (Fsp3) is 0.568. The average Bonchev–Trinajstić information content (AvgIpc) is 3.73. The highest BCUT2D eigenvalue weighted by atomic mass is 32.2. The average molecular weight is 679 g/mol. The summed E-state index contributed by atoms with van der Waals surface area (Å²) in [4.78, 5) is 32.7. The van der Waals surface area contributed by atoms with Crippen molar-refractivity contribution < 1.29 is 27.1 Å². The van der Waals surface area contributed by atoms with Gasteiger partial charge in [0, 0.05) is 59.7 Å². The van der Waals surface area contributed by atoms with E-state index in [1.165, 1.54) is 12.0 Å². The molecule has 1 saturated heterocycles. The third-order valence-corrected chi connectivity index (χ3v) is 12.7. The summed E-state index contributed by atoms with van der Waals surface area (Å²) in [7, 11) is -0.212. The lowest BCUT2D eigenvalue weighted by atomic mass is 9.81. The number of benzene rings is 2. The van der Waals surface area contributed by atoms with Gasteiger partial charge in [0.2, 0.25) is 15.9 Å². The molecule has 7 rings (SSSR count). The lowest BCUT2D eigenvalue weighted by molar-refractivity contribution is -0.145. The fourth-order valence-electron chi connectivity index (χ4n) is 9.16. The number of halogens is 1. The summed E-state index contributed by atoms with van der Waals surface area (Å²) in [5, 5.41) is 1.04. The number of carbonyl (C=O) groups is 2. The van der Waals surface area contributed by atoms with Crippen molar-refractivity contribution in [3.8, 4) is 17.0 Å². The predicted octanol–water partition coefficient (Wildman–Crippen LogP) is 5.82. The van der Waals surface area contributed by atoms with E-state index in [0.29, 0.717) is 12.5 Å². The molecule has 0 radical (unpaired) electrons. The number of carbonyl (C=O) groups excluding carboxylic acids is 2. The van der Waals surface area contributed by atoms with E-state index in [9.17, 15) is 22.4 Å². The molecule has 11 heteroatoms. The van der Waals surface area contributed by atoms with Crippen molar-refractivity contribution in [1.29, 1.82) is 0 Å². The largest absolute Gasteiger partial charge is 0.497 e. The first-order valence-corrected chi connectivity index (χ1v) is 19.1. The van der Waals surface area contributed by atoms with Gasteiger partial charge in [0.15, 0.2) is 0 Å². The van der Waals surface area contributed by atoms with Crippen LogP contribution in [0, 0.1) is 5.41 Å². The summed E-state index contributed by atoms with van der Waals surface area (Å²) in [6.07, 6.45) is 6.18. The summed E-state index contributed by atoms with van der Waals surface area (Å²) in [5.74, 6) is 0.0947. The second-order valence-electron chi connectivity index (χ2n) is 14.7. The molecule has 9 nitrogen and oxygen atoms in total. The van der Waals surface area contributed by atoms with Crippen molar-refractivity contribution in [3.63, 3.8) is 0 Å². The zero-order valence-electron chi connectivity index (χ0n) is 28.4. The molecule has 2 aromatic carbocycles. The number of sulfonamides is 1. The Balaban J connectivity index is 1.41. The van der Waals surface area contributed by atoms with Crippen LogP contribution in [-0.4, -0.2) is 86.4 Å². The van der Waals surface area contributed by atoms with E-state index >= 15 is 0 Å². The maximum Gasteiger partial charge on any atom is 0.264 e. The normalized spacial score (nSPS) is 25.9. The minimum Gasteiger partial charge on any atom is -0.497 e. The Bertz CT molecular complexity index is 1860. The minimum absolute atomic E-state index is 0.0236. The summed E-state index contributed by atoms with van der Waals surface area (Å²) in [6.45, 7) is 5.60. The molecule has 48 heavy (non-hydrogen) atoms. The van der Waals surface area contributed by atoms with Gasteiger partial charge in [0.1, 0.15) is 5.75 Å². The van der Waals surface area contributed by atoms with Crippen LogP contribution < -0.4 is 9.46 Å². The van der Waals surface area contributed by atoms with Crippen molar-refractivity contribution >= 4 is 32.7 Å². The number of likely N-dealkylation sites (N-methyl/N-ethyl adjacent to an activating group) is 1. The molecule has 1 N–H and O–H groups in total. The number of ether oxygens (including phenoxy) is 1. The summed E-state index contributed by atoms with van der Waals surface area (Å²) in [6, 6.07) is 11.8. The van der Waals surface area contributed by atoms with E-state index in [1.54, 1.807) is 19.2 Å².